The third-order valence-corrected chi connectivity index (χ3v) is 2.91. The van der Waals surface area contributed by atoms with Crippen LogP contribution in [0.2, 0.25) is 0 Å². The summed E-state index contributed by atoms with van der Waals surface area (Å²) >= 11 is 0. The lowest BCUT2D eigenvalue weighted by Crippen LogP contribution is -2.22. The van der Waals surface area contributed by atoms with Gasteiger partial charge in [0.15, 0.2) is 0 Å². The van der Waals surface area contributed by atoms with Gasteiger partial charge in [0.25, 0.3) is 0 Å². The molecule has 18 heavy (non-hydrogen) atoms. The van der Waals surface area contributed by atoms with Gasteiger partial charge in [-0.25, -0.2) is 4.39 Å². The molecule has 94 valence electrons. The lowest BCUT2D eigenvalue weighted by Gasteiger charge is -2.20. The number of pyridine rings is 2. The van der Waals surface area contributed by atoms with Crippen LogP contribution in [-0.4, -0.2) is 9.97 Å². The largest absolute Gasteiger partial charge is 0.304 e. The minimum atomic E-state index is -0.310. The molecule has 2 atom stereocenters. The zero-order valence-corrected chi connectivity index (χ0v) is 10.5. The topological polar surface area (TPSA) is 37.8 Å². The van der Waals surface area contributed by atoms with E-state index in [0.29, 0.717) is 0 Å². The third kappa shape index (κ3) is 3.11. The molecule has 2 aromatic heterocycles. The maximum atomic E-state index is 13.1. The molecule has 0 aromatic carbocycles. The van der Waals surface area contributed by atoms with E-state index >= 15 is 0 Å². The molecule has 0 bridgehead atoms. The van der Waals surface area contributed by atoms with Crippen LogP contribution in [-0.2, 0) is 0 Å². The number of halogens is 1. The molecule has 1 unspecified atom stereocenters. The van der Waals surface area contributed by atoms with Crippen molar-refractivity contribution in [1.82, 2.24) is 15.3 Å². The van der Waals surface area contributed by atoms with Crippen molar-refractivity contribution in [1.29, 1.82) is 0 Å². The molecule has 3 nitrogen and oxygen atoms in total. The van der Waals surface area contributed by atoms with Gasteiger partial charge in [0.2, 0.25) is 0 Å². The minimum Gasteiger partial charge on any atom is -0.304 e. The average Bonchev–Trinajstić information content (AvgIpc) is 2.39. The van der Waals surface area contributed by atoms with Crippen molar-refractivity contribution in [3.8, 4) is 0 Å². The molecular formula is C14H16FN3. The Morgan fingerprint density at radius 2 is 1.78 bits per heavy atom. The normalized spacial score (nSPS) is 14.2. The fourth-order valence-corrected chi connectivity index (χ4v) is 1.86. The highest BCUT2D eigenvalue weighted by atomic mass is 19.1. The summed E-state index contributed by atoms with van der Waals surface area (Å²) in [5.41, 5.74) is 1.94. The van der Waals surface area contributed by atoms with Gasteiger partial charge in [0, 0.05) is 30.7 Å². The van der Waals surface area contributed by atoms with E-state index in [9.17, 15) is 4.39 Å². The van der Waals surface area contributed by atoms with Crippen molar-refractivity contribution in [3.63, 3.8) is 0 Å². The first-order valence-electron chi connectivity index (χ1n) is 5.93. The fourth-order valence-electron chi connectivity index (χ4n) is 1.86. The fraction of sp³-hybridized carbons (Fsp3) is 0.286. The number of nitrogens with zero attached hydrogens (tertiary/aromatic N) is 2. The van der Waals surface area contributed by atoms with Crippen molar-refractivity contribution in [2.24, 2.45) is 0 Å². The quantitative estimate of drug-likeness (QED) is 0.899. The second kappa shape index (κ2) is 5.69. The van der Waals surface area contributed by atoms with Crippen LogP contribution in [0, 0.1) is 5.82 Å². The smallest absolute Gasteiger partial charge is 0.141 e. The molecule has 1 N–H and O–H groups in total. The maximum Gasteiger partial charge on any atom is 0.141 e. The second-order valence-corrected chi connectivity index (χ2v) is 4.33. The zero-order valence-electron chi connectivity index (χ0n) is 10.5. The number of aromatic nitrogens is 2. The molecule has 4 heteroatoms. The summed E-state index contributed by atoms with van der Waals surface area (Å²) < 4.78 is 13.1. The van der Waals surface area contributed by atoms with Crippen LogP contribution in [0.1, 0.15) is 37.1 Å². The van der Waals surface area contributed by atoms with E-state index < -0.39 is 0 Å². The molecule has 0 aliphatic heterocycles. The monoisotopic (exact) mass is 245 g/mol. The summed E-state index contributed by atoms with van der Waals surface area (Å²) in [4.78, 5) is 7.95. The summed E-state index contributed by atoms with van der Waals surface area (Å²) in [6.07, 6.45) is 6.46. The van der Waals surface area contributed by atoms with Crippen LogP contribution >= 0.6 is 0 Å². The second-order valence-electron chi connectivity index (χ2n) is 4.33. The van der Waals surface area contributed by atoms with Gasteiger partial charge in [-0.2, -0.15) is 0 Å². The van der Waals surface area contributed by atoms with E-state index in [1.54, 1.807) is 12.4 Å². The maximum absolute atomic E-state index is 13.1. The lowest BCUT2D eigenvalue weighted by molar-refractivity contribution is 0.489. The Kier molecular flexibility index (Phi) is 3.99. The first kappa shape index (κ1) is 12.6. The van der Waals surface area contributed by atoms with Crippen molar-refractivity contribution < 1.29 is 4.39 Å². The molecule has 0 saturated heterocycles. The van der Waals surface area contributed by atoms with E-state index in [1.165, 1.54) is 12.3 Å². The van der Waals surface area contributed by atoms with E-state index in [0.717, 1.165) is 11.1 Å². The van der Waals surface area contributed by atoms with E-state index in [1.807, 2.05) is 25.3 Å². The van der Waals surface area contributed by atoms with Gasteiger partial charge in [-0.3, -0.25) is 9.97 Å². The van der Waals surface area contributed by atoms with Crippen molar-refractivity contribution in [3.05, 3.63) is 59.9 Å². The van der Waals surface area contributed by atoms with Gasteiger partial charge in [0.1, 0.15) is 5.82 Å². The highest BCUT2D eigenvalue weighted by molar-refractivity contribution is 5.17. The van der Waals surface area contributed by atoms with Gasteiger partial charge in [-0.1, -0.05) is 6.07 Å². The lowest BCUT2D eigenvalue weighted by atomic mass is 10.1. The van der Waals surface area contributed by atoms with Crippen LogP contribution in [0.4, 0.5) is 4.39 Å². The Morgan fingerprint density at radius 1 is 1.06 bits per heavy atom. The predicted octanol–water partition coefficient (Wildman–Crippen LogP) is 3.03. The van der Waals surface area contributed by atoms with Crippen LogP contribution in [0.3, 0.4) is 0 Å². The van der Waals surface area contributed by atoms with E-state index in [-0.39, 0.29) is 17.9 Å². The molecule has 0 aliphatic rings. The van der Waals surface area contributed by atoms with Gasteiger partial charge in [0.05, 0.1) is 6.20 Å². The number of nitrogens with one attached hydrogen (secondary N) is 1. The van der Waals surface area contributed by atoms with Crippen LogP contribution in [0.15, 0.2) is 43.0 Å². The molecule has 2 rings (SSSR count). The zero-order chi connectivity index (χ0) is 13.0. The Labute approximate surface area is 106 Å². The average molecular weight is 245 g/mol. The molecule has 2 heterocycles. The summed E-state index contributed by atoms with van der Waals surface area (Å²) in [6, 6.07) is 5.60. The Balaban J connectivity index is 2.05. The van der Waals surface area contributed by atoms with E-state index in [4.69, 9.17) is 0 Å². The highest BCUT2D eigenvalue weighted by Crippen LogP contribution is 2.18. The SMILES string of the molecule is CC(N[C@@H](C)c1cccnc1)c1cncc(F)c1. The van der Waals surface area contributed by atoms with Crippen LogP contribution in [0.5, 0.6) is 0 Å². The van der Waals surface area contributed by atoms with Gasteiger partial charge in [-0.15, -0.1) is 0 Å². The number of hydrogen-bond acceptors (Lipinski definition) is 3. The molecule has 2 aromatic rings. The van der Waals surface area contributed by atoms with Crippen molar-refractivity contribution >= 4 is 0 Å². The predicted molar refractivity (Wildman–Crippen MR) is 68.4 cm³/mol. The number of rotatable bonds is 4. The summed E-state index contributed by atoms with van der Waals surface area (Å²) in [5, 5.41) is 3.39. The first-order chi connectivity index (χ1) is 8.66. The van der Waals surface area contributed by atoms with Crippen LogP contribution < -0.4 is 5.32 Å². The Bertz CT molecular complexity index is 501. The third-order valence-electron chi connectivity index (χ3n) is 2.91. The molecule has 0 spiro atoms. The molecular weight excluding hydrogens is 229 g/mol. The summed E-state index contributed by atoms with van der Waals surface area (Å²) in [7, 11) is 0. The molecule has 0 amide bonds. The minimum absolute atomic E-state index is 0.0309. The molecule has 0 fully saturated rings. The highest BCUT2D eigenvalue weighted by Gasteiger charge is 2.11. The van der Waals surface area contributed by atoms with Crippen LogP contribution in [0.25, 0.3) is 0 Å². The summed E-state index contributed by atoms with van der Waals surface area (Å²) in [6.45, 7) is 4.05. The van der Waals surface area contributed by atoms with Crippen molar-refractivity contribution in [2.75, 3.05) is 0 Å². The van der Waals surface area contributed by atoms with E-state index in [2.05, 4.69) is 22.2 Å². The van der Waals surface area contributed by atoms with Crippen molar-refractivity contribution in [2.45, 2.75) is 25.9 Å². The molecule has 0 saturated carbocycles. The van der Waals surface area contributed by atoms with Gasteiger partial charge in [-0.05, 0) is 37.1 Å². The molecule has 0 aliphatic carbocycles. The standard InChI is InChI=1S/C14H16FN3/c1-10(12-4-3-5-16-7-12)18-11(2)13-6-14(15)9-17-8-13/h3-11,18H,1-2H3/t10-,11?/m0/s1. The first-order valence-corrected chi connectivity index (χ1v) is 5.93. The number of hydrogen-bond donors (Lipinski definition) is 1. The van der Waals surface area contributed by atoms with Gasteiger partial charge < -0.3 is 5.32 Å². The Morgan fingerprint density at radius 3 is 2.44 bits per heavy atom. The molecule has 0 radical (unpaired) electrons. The summed E-state index contributed by atoms with van der Waals surface area (Å²) in [5.74, 6) is -0.310. The Hall–Kier alpha value is -1.81. The van der Waals surface area contributed by atoms with Gasteiger partial charge >= 0.3 is 0 Å².